The summed E-state index contributed by atoms with van der Waals surface area (Å²) >= 11 is 0. The summed E-state index contributed by atoms with van der Waals surface area (Å²) in [5.74, 6) is -1.40. The van der Waals surface area contributed by atoms with Gasteiger partial charge in [-0.25, -0.2) is 9.13 Å². The Hall–Kier alpha value is -1.94. The van der Waals surface area contributed by atoms with Gasteiger partial charge in [0.05, 0.1) is 26.4 Å². The SMILES string of the molecule is CCCCCCCCCCCCC(=O)OC[C@H](COP(=O)(O)OC[C@@H](O)COP(=O)(O)OC[C@@H](COC(=O)CCCCCCC)OC(=O)CCCCCCC)OC(=O)CCCCCCCCCCCCCC(C)C. The summed E-state index contributed by atoms with van der Waals surface area (Å²) in [6, 6.07) is 0. The van der Waals surface area contributed by atoms with Crippen LogP contribution in [-0.2, 0) is 65.4 Å². The molecule has 0 radical (unpaired) electrons. The van der Waals surface area contributed by atoms with Crippen molar-refractivity contribution in [2.24, 2.45) is 5.92 Å². The number of phosphoric ester groups is 2. The summed E-state index contributed by atoms with van der Waals surface area (Å²) in [4.78, 5) is 71.2. The number of aliphatic hydroxyl groups is 1. The van der Waals surface area contributed by atoms with Gasteiger partial charge in [0, 0.05) is 25.7 Å². The Morgan fingerprint density at radius 3 is 0.919 bits per heavy atom. The minimum Gasteiger partial charge on any atom is -0.462 e. The first-order chi connectivity index (χ1) is 35.5. The topological polar surface area (TPSA) is 237 Å². The van der Waals surface area contributed by atoms with Gasteiger partial charge in [-0.15, -0.1) is 0 Å². The van der Waals surface area contributed by atoms with Crippen LogP contribution in [0.15, 0.2) is 0 Å². The van der Waals surface area contributed by atoms with Crippen molar-refractivity contribution in [3.63, 3.8) is 0 Å². The Morgan fingerprint density at radius 1 is 0.365 bits per heavy atom. The predicted molar refractivity (Wildman–Crippen MR) is 289 cm³/mol. The average molecular weight is 1100 g/mol. The number of hydrogen-bond acceptors (Lipinski definition) is 15. The van der Waals surface area contributed by atoms with Crippen molar-refractivity contribution in [1.82, 2.24) is 0 Å². The first-order valence-electron chi connectivity index (χ1n) is 29.1. The molecule has 19 heteroatoms. The molecule has 2 unspecified atom stereocenters. The molecular weight excluding hydrogens is 995 g/mol. The number of esters is 4. The van der Waals surface area contributed by atoms with Crippen molar-refractivity contribution in [3.8, 4) is 0 Å². The van der Waals surface area contributed by atoms with Crippen LogP contribution < -0.4 is 0 Å². The van der Waals surface area contributed by atoms with Gasteiger partial charge >= 0.3 is 39.5 Å². The summed E-state index contributed by atoms with van der Waals surface area (Å²) in [7, 11) is -9.85. The first kappa shape index (κ1) is 72.1. The van der Waals surface area contributed by atoms with E-state index in [1.165, 1.54) is 83.5 Å². The van der Waals surface area contributed by atoms with Crippen molar-refractivity contribution >= 4 is 39.5 Å². The quantitative estimate of drug-likeness (QED) is 0.0222. The fraction of sp³-hybridized carbons (Fsp3) is 0.927. The molecule has 17 nitrogen and oxygen atoms in total. The molecule has 0 rings (SSSR count). The molecule has 0 aromatic heterocycles. The fourth-order valence-electron chi connectivity index (χ4n) is 7.99. The second-order valence-electron chi connectivity index (χ2n) is 20.4. The number of aliphatic hydroxyl groups excluding tert-OH is 1. The third-order valence-corrected chi connectivity index (χ3v) is 14.4. The van der Waals surface area contributed by atoms with Crippen molar-refractivity contribution in [3.05, 3.63) is 0 Å². The highest BCUT2D eigenvalue weighted by molar-refractivity contribution is 7.47. The third kappa shape index (κ3) is 49.6. The van der Waals surface area contributed by atoms with E-state index in [1.807, 2.05) is 0 Å². The highest BCUT2D eigenvalue weighted by Crippen LogP contribution is 2.45. The van der Waals surface area contributed by atoms with Crippen molar-refractivity contribution in [2.75, 3.05) is 39.6 Å². The van der Waals surface area contributed by atoms with Crippen LogP contribution in [0, 0.1) is 5.92 Å². The zero-order valence-electron chi connectivity index (χ0n) is 47.0. The van der Waals surface area contributed by atoms with Gasteiger partial charge in [0.2, 0.25) is 0 Å². The minimum absolute atomic E-state index is 0.0987. The van der Waals surface area contributed by atoms with E-state index in [4.69, 9.17) is 37.0 Å². The van der Waals surface area contributed by atoms with Gasteiger partial charge in [-0.2, -0.15) is 0 Å². The number of carbonyl (C=O) groups excluding carboxylic acids is 4. The summed E-state index contributed by atoms with van der Waals surface area (Å²) in [5, 5.41) is 10.4. The highest BCUT2D eigenvalue weighted by atomic mass is 31.2. The second-order valence-corrected chi connectivity index (χ2v) is 23.4. The van der Waals surface area contributed by atoms with E-state index in [-0.39, 0.29) is 25.7 Å². The summed E-state index contributed by atoms with van der Waals surface area (Å²) < 4.78 is 67.2. The van der Waals surface area contributed by atoms with Gasteiger partial charge in [-0.1, -0.05) is 214 Å². The lowest BCUT2D eigenvalue weighted by Crippen LogP contribution is -2.30. The van der Waals surface area contributed by atoms with E-state index < -0.39 is 97.5 Å². The van der Waals surface area contributed by atoms with Gasteiger partial charge in [0.15, 0.2) is 12.2 Å². The normalized spacial score (nSPS) is 14.5. The zero-order chi connectivity index (χ0) is 55.0. The number of carbonyl (C=O) groups is 4. The van der Waals surface area contributed by atoms with E-state index in [0.29, 0.717) is 25.7 Å². The summed E-state index contributed by atoms with van der Waals surface area (Å²) in [5.41, 5.74) is 0. The van der Waals surface area contributed by atoms with Crippen LogP contribution >= 0.6 is 15.6 Å². The predicted octanol–water partition coefficient (Wildman–Crippen LogP) is 14.3. The highest BCUT2D eigenvalue weighted by Gasteiger charge is 2.30. The molecule has 438 valence electrons. The molecule has 5 atom stereocenters. The number of unbranched alkanes of at least 4 members (excludes halogenated alkanes) is 27. The van der Waals surface area contributed by atoms with E-state index in [9.17, 15) is 43.2 Å². The second kappa shape index (κ2) is 49.4. The van der Waals surface area contributed by atoms with Crippen LogP contribution in [0.5, 0.6) is 0 Å². The molecule has 0 spiro atoms. The Bertz CT molecular complexity index is 1470. The van der Waals surface area contributed by atoms with Gasteiger partial charge in [0.1, 0.15) is 19.3 Å². The van der Waals surface area contributed by atoms with Crippen LogP contribution in [0.25, 0.3) is 0 Å². The van der Waals surface area contributed by atoms with Crippen molar-refractivity contribution in [2.45, 2.75) is 284 Å². The first-order valence-corrected chi connectivity index (χ1v) is 32.1. The lowest BCUT2D eigenvalue weighted by Gasteiger charge is -2.21. The number of phosphoric acid groups is 2. The van der Waals surface area contributed by atoms with E-state index in [1.54, 1.807) is 0 Å². The van der Waals surface area contributed by atoms with E-state index in [2.05, 4.69) is 34.6 Å². The number of ether oxygens (including phenoxy) is 4. The van der Waals surface area contributed by atoms with Crippen LogP contribution in [-0.4, -0.2) is 96.7 Å². The monoisotopic (exact) mass is 1100 g/mol. The molecule has 0 amide bonds. The number of rotatable bonds is 55. The lowest BCUT2D eigenvalue weighted by molar-refractivity contribution is -0.161. The molecule has 0 aromatic carbocycles. The molecule has 0 bridgehead atoms. The third-order valence-electron chi connectivity index (χ3n) is 12.5. The molecule has 3 N–H and O–H groups in total. The Morgan fingerprint density at radius 2 is 0.622 bits per heavy atom. The van der Waals surface area contributed by atoms with Gasteiger partial charge < -0.3 is 33.8 Å². The maximum Gasteiger partial charge on any atom is 0.472 e. The lowest BCUT2D eigenvalue weighted by atomic mass is 10.0. The van der Waals surface area contributed by atoms with Crippen LogP contribution in [0.3, 0.4) is 0 Å². The maximum absolute atomic E-state index is 12.9. The van der Waals surface area contributed by atoms with Crippen LogP contribution in [0.2, 0.25) is 0 Å². The molecule has 0 heterocycles. The molecule has 0 aliphatic heterocycles. The molecule has 0 aliphatic carbocycles. The number of hydrogen-bond donors (Lipinski definition) is 3. The van der Waals surface area contributed by atoms with E-state index >= 15 is 0 Å². The van der Waals surface area contributed by atoms with Crippen LogP contribution in [0.4, 0.5) is 0 Å². The van der Waals surface area contributed by atoms with Crippen molar-refractivity contribution in [1.29, 1.82) is 0 Å². The van der Waals surface area contributed by atoms with Gasteiger partial charge in [0.25, 0.3) is 0 Å². The smallest absolute Gasteiger partial charge is 0.462 e. The Labute approximate surface area is 447 Å². The molecule has 74 heavy (non-hydrogen) atoms. The summed E-state index contributed by atoms with van der Waals surface area (Å²) in [6.45, 7) is 6.93. The molecule has 0 saturated carbocycles. The molecular formula is C55H106O17P2. The largest absolute Gasteiger partial charge is 0.472 e. The summed E-state index contributed by atoms with van der Waals surface area (Å²) in [6.07, 6.45) is 30.1. The average Bonchev–Trinajstić information content (AvgIpc) is 3.36. The minimum atomic E-state index is -4.93. The van der Waals surface area contributed by atoms with Gasteiger partial charge in [-0.05, 0) is 31.6 Å². The van der Waals surface area contributed by atoms with Crippen LogP contribution in [0.1, 0.15) is 266 Å². The molecule has 0 aromatic rings. The molecule has 0 saturated heterocycles. The Balaban J connectivity index is 5.13. The fourth-order valence-corrected chi connectivity index (χ4v) is 9.57. The van der Waals surface area contributed by atoms with Gasteiger partial charge in [-0.3, -0.25) is 37.3 Å². The maximum atomic E-state index is 12.9. The zero-order valence-corrected chi connectivity index (χ0v) is 48.7. The Kier molecular flexibility index (Phi) is 48.1. The van der Waals surface area contributed by atoms with Crippen molar-refractivity contribution < 1.29 is 80.2 Å². The standard InChI is InChI=1S/C55H106O17P2/c1-6-9-12-15-16-17-22-25-30-34-39-53(58)66-45-51(72-55(60)41-36-31-26-23-20-18-19-21-24-29-32-37-48(4)5)47-70-74(63,64)68-43-49(56)42-67-73(61,62)69-46-50(71-54(59)40-35-28-14-11-8-3)44-65-52(57)38-33-27-13-10-7-2/h48-51,56H,6-47H2,1-5H3,(H,61,62)(H,63,64)/t49-,50+,51+/m0/s1. The molecule has 0 aliphatic rings. The van der Waals surface area contributed by atoms with E-state index in [0.717, 1.165) is 102 Å². The molecule has 0 fully saturated rings.